The highest BCUT2D eigenvalue weighted by Gasteiger charge is 2.21. The number of esters is 1. The van der Waals surface area contributed by atoms with Crippen molar-refractivity contribution in [2.24, 2.45) is 0 Å². The lowest BCUT2D eigenvalue weighted by atomic mass is 10.1. The Morgan fingerprint density at radius 3 is 3.08 bits per heavy atom. The average molecular weight is 370 g/mol. The Hall–Kier alpha value is -3.00. The predicted molar refractivity (Wildman–Crippen MR) is 99.1 cm³/mol. The topological polar surface area (TPSA) is 90.1 Å². The molecule has 0 saturated heterocycles. The molecule has 134 valence electrons. The van der Waals surface area contributed by atoms with Crippen molar-refractivity contribution in [1.82, 2.24) is 15.2 Å². The molecule has 2 heterocycles. The van der Waals surface area contributed by atoms with Gasteiger partial charge in [0, 0.05) is 17.5 Å². The molecular formula is C18H18N4O3S. The van der Waals surface area contributed by atoms with Crippen molar-refractivity contribution in [3.63, 3.8) is 0 Å². The lowest BCUT2D eigenvalue weighted by Crippen LogP contribution is -2.10. The summed E-state index contributed by atoms with van der Waals surface area (Å²) in [7, 11) is 0. The molecule has 26 heavy (non-hydrogen) atoms. The fraction of sp³-hybridized carbons (Fsp3) is 0.222. The monoisotopic (exact) mass is 370 g/mol. The molecule has 0 fully saturated rings. The maximum absolute atomic E-state index is 12.2. The Bertz CT molecular complexity index is 919. The highest BCUT2D eigenvalue weighted by molar-refractivity contribution is 7.13. The number of carbonyl (C=O) groups is 1. The van der Waals surface area contributed by atoms with Gasteiger partial charge in [0.05, 0.1) is 0 Å². The Labute approximate surface area is 154 Å². The summed E-state index contributed by atoms with van der Waals surface area (Å²) in [5.74, 6) is 0.0713. The highest BCUT2D eigenvalue weighted by Crippen LogP contribution is 2.24. The zero-order chi connectivity index (χ0) is 18.5. The number of hydrogen-bond acceptors (Lipinski definition) is 8. The molecule has 1 N–H and O–H groups in total. The van der Waals surface area contributed by atoms with Crippen LogP contribution in [-0.2, 0) is 4.74 Å². The first kappa shape index (κ1) is 17.8. The summed E-state index contributed by atoms with van der Waals surface area (Å²) in [4.78, 5) is 16.4. The fourth-order valence-corrected chi connectivity index (χ4v) is 2.86. The average Bonchev–Trinajstić information content (AvgIpc) is 3.29. The Morgan fingerprint density at radius 2 is 2.31 bits per heavy atom. The van der Waals surface area contributed by atoms with E-state index in [0.29, 0.717) is 17.6 Å². The zero-order valence-corrected chi connectivity index (χ0v) is 15.2. The van der Waals surface area contributed by atoms with E-state index in [0.717, 1.165) is 11.1 Å². The van der Waals surface area contributed by atoms with E-state index in [1.54, 1.807) is 18.4 Å². The molecule has 0 unspecified atom stereocenters. The second-order valence-electron chi connectivity index (χ2n) is 5.57. The smallest absolute Gasteiger partial charge is 0.358 e. The third-order valence-electron chi connectivity index (χ3n) is 3.45. The predicted octanol–water partition coefficient (Wildman–Crippen LogP) is 4.02. The second-order valence-corrected chi connectivity index (χ2v) is 6.43. The van der Waals surface area contributed by atoms with Gasteiger partial charge in [0.2, 0.25) is 5.89 Å². The lowest BCUT2D eigenvalue weighted by molar-refractivity contribution is 0.0274. The van der Waals surface area contributed by atoms with E-state index in [1.807, 2.05) is 31.2 Å². The molecule has 0 aliphatic rings. The van der Waals surface area contributed by atoms with E-state index in [-0.39, 0.29) is 11.6 Å². The van der Waals surface area contributed by atoms with Crippen LogP contribution < -0.4 is 5.32 Å². The van der Waals surface area contributed by atoms with Crippen LogP contribution in [-0.4, -0.2) is 27.7 Å². The van der Waals surface area contributed by atoms with Crippen LogP contribution in [0.2, 0.25) is 0 Å². The first-order chi connectivity index (χ1) is 12.6. The quantitative estimate of drug-likeness (QED) is 0.496. The van der Waals surface area contributed by atoms with Gasteiger partial charge in [0.15, 0.2) is 16.9 Å². The summed E-state index contributed by atoms with van der Waals surface area (Å²) in [6.45, 7) is 7.85. The number of nitrogens with zero attached hydrogens (tertiary/aromatic N) is 3. The van der Waals surface area contributed by atoms with Crippen molar-refractivity contribution >= 4 is 22.4 Å². The molecular weight excluding hydrogens is 352 g/mol. The number of benzene rings is 1. The van der Waals surface area contributed by atoms with E-state index in [2.05, 4.69) is 27.1 Å². The van der Waals surface area contributed by atoms with E-state index >= 15 is 0 Å². The van der Waals surface area contributed by atoms with Crippen LogP contribution >= 0.6 is 11.3 Å². The Balaban J connectivity index is 1.66. The normalized spacial score (nSPS) is 11.8. The molecule has 0 radical (unpaired) electrons. The Morgan fingerprint density at radius 1 is 1.46 bits per heavy atom. The number of anilines is 1. The van der Waals surface area contributed by atoms with Gasteiger partial charge in [-0.15, -0.1) is 28.1 Å². The molecule has 0 spiro atoms. The number of aryl methyl sites for hydroxylation is 1. The van der Waals surface area contributed by atoms with Crippen LogP contribution in [0.3, 0.4) is 0 Å². The van der Waals surface area contributed by atoms with Crippen LogP contribution in [0.1, 0.15) is 35.0 Å². The van der Waals surface area contributed by atoms with Gasteiger partial charge in [-0.2, -0.15) is 0 Å². The summed E-state index contributed by atoms with van der Waals surface area (Å²) in [6.07, 6.45) is 1.03. The maximum Gasteiger partial charge on any atom is 0.358 e. The molecule has 1 aromatic carbocycles. The zero-order valence-electron chi connectivity index (χ0n) is 14.4. The van der Waals surface area contributed by atoms with Gasteiger partial charge < -0.3 is 14.5 Å². The molecule has 2 aromatic heterocycles. The molecule has 0 saturated carbocycles. The second kappa shape index (κ2) is 7.92. The van der Waals surface area contributed by atoms with Gasteiger partial charge in [-0.25, -0.2) is 9.78 Å². The number of rotatable bonds is 7. The van der Waals surface area contributed by atoms with E-state index < -0.39 is 12.1 Å². The van der Waals surface area contributed by atoms with Crippen molar-refractivity contribution in [1.29, 1.82) is 0 Å². The SMILES string of the molecule is C=CCNc1nc(C(=O)O[C@H](C)c2nnc(-c3cccc(C)c3)o2)cs1. The number of aromatic nitrogens is 3. The van der Waals surface area contributed by atoms with Crippen molar-refractivity contribution in [2.45, 2.75) is 20.0 Å². The third kappa shape index (κ3) is 4.15. The molecule has 1 atom stereocenters. The van der Waals surface area contributed by atoms with Crippen molar-refractivity contribution < 1.29 is 13.9 Å². The van der Waals surface area contributed by atoms with Gasteiger partial charge in [-0.1, -0.05) is 23.8 Å². The van der Waals surface area contributed by atoms with Gasteiger partial charge >= 0.3 is 5.97 Å². The molecule has 7 nitrogen and oxygen atoms in total. The third-order valence-corrected chi connectivity index (χ3v) is 4.25. The minimum atomic E-state index is -0.681. The van der Waals surface area contributed by atoms with Crippen LogP contribution in [0.4, 0.5) is 5.13 Å². The van der Waals surface area contributed by atoms with E-state index in [1.165, 1.54) is 11.3 Å². The number of nitrogens with one attached hydrogen (secondary N) is 1. The summed E-state index contributed by atoms with van der Waals surface area (Å²) < 4.78 is 11.0. The van der Waals surface area contributed by atoms with Gasteiger partial charge in [-0.05, 0) is 26.0 Å². The van der Waals surface area contributed by atoms with E-state index in [9.17, 15) is 4.79 Å². The summed E-state index contributed by atoms with van der Waals surface area (Å²) in [5.41, 5.74) is 2.14. The van der Waals surface area contributed by atoms with Crippen molar-refractivity contribution in [3.8, 4) is 11.5 Å². The van der Waals surface area contributed by atoms with Crippen LogP contribution in [0.15, 0.2) is 46.7 Å². The lowest BCUT2D eigenvalue weighted by Gasteiger charge is -2.07. The maximum atomic E-state index is 12.2. The van der Waals surface area contributed by atoms with Crippen LogP contribution in [0.5, 0.6) is 0 Å². The molecule has 0 bridgehead atoms. The van der Waals surface area contributed by atoms with Gasteiger partial charge in [0.25, 0.3) is 5.89 Å². The minimum absolute atomic E-state index is 0.229. The molecule has 0 aliphatic carbocycles. The number of ether oxygens (including phenoxy) is 1. The largest absolute Gasteiger partial charge is 0.448 e. The van der Waals surface area contributed by atoms with E-state index in [4.69, 9.17) is 9.15 Å². The number of hydrogen-bond donors (Lipinski definition) is 1. The molecule has 3 rings (SSSR count). The number of carbonyl (C=O) groups excluding carboxylic acids is 1. The standard InChI is InChI=1S/C18H18N4O3S/c1-4-8-19-18-20-14(10-26-18)17(23)24-12(3)15-21-22-16(25-15)13-7-5-6-11(2)9-13/h4-7,9-10,12H,1,8H2,2-3H3,(H,19,20)/t12-/m1/s1. The van der Waals surface area contributed by atoms with Crippen molar-refractivity contribution in [3.05, 3.63) is 59.4 Å². The summed E-state index contributed by atoms with van der Waals surface area (Å²) >= 11 is 1.32. The Kier molecular flexibility index (Phi) is 5.43. The summed E-state index contributed by atoms with van der Waals surface area (Å²) in [6, 6.07) is 7.73. The van der Waals surface area contributed by atoms with Crippen molar-refractivity contribution in [2.75, 3.05) is 11.9 Å². The minimum Gasteiger partial charge on any atom is -0.448 e. The van der Waals surface area contributed by atoms with Crippen LogP contribution in [0, 0.1) is 6.92 Å². The first-order valence-electron chi connectivity index (χ1n) is 7.98. The number of thiazole rings is 1. The molecule has 0 amide bonds. The van der Waals surface area contributed by atoms with Gasteiger partial charge in [0.1, 0.15) is 0 Å². The molecule has 8 heteroatoms. The van der Waals surface area contributed by atoms with Gasteiger partial charge in [-0.3, -0.25) is 0 Å². The highest BCUT2D eigenvalue weighted by atomic mass is 32.1. The molecule has 3 aromatic rings. The molecule has 0 aliphatic heterocycles. The van der Waals surface area contributed by atoms with Crippen LogP contribution in [0.25, 0.3) is 11.5 Å². The fourth-order valence-electron chi connectivity index (χ4n) is 2.17. The first-order valence-corrected chi connectivity index (χ1v) is 8.86. The summed E-state index contributed by atoms with van der Waals surface area (Å²) in [5, 5.41) is 13.3.